The number of methoxy groups -OCH3 is 1. The molecule has 0 saturated carbocycles. The quantitative estimate of drug-likeness (QED) is 0.690. The number of nitrogens with zero attached hydrogens (tertiary/aromatic N) is 4. The number of carbonyl (C=O) groups is 1. The molecule has 1 amide bonds. The van der Waals surface area contributed by atoms with Gasteiger partial charge < -0.3 is 10.1 Å². The molecule has 4 rings (SSSR count). The molecule has 0 saturated heterocycles. The molecule has 2 aromatic heterocycles. The van der Waals surface area contributed by atoms with Gasteiger partial charge in [0.15, 0.2) is 0 Å². The SMILES string of the molecule is COc1ccc(C(NC(=O)c2c(-n3cnnn3)sc3c2CCC3)C(C)C)cc1. The van der Waals surface area contributed by atoms with Crippen LogP contribution in [0, 0.1) is 5.92 Å². The van der Waals surface area contributed by atoms with Gasteiger partial charge in [-0.3, -0.25) is 4.79 Å². The number of ether oxygens (including phenoxy) is 1. The molecule has 146 valence electrons. The predicted molar refractivity (Wildman–Crippen MR) is 107 cm³/mol. The van der Waals surface area contributed by atoms with Crippen LogP contribution in [-0.4, -0.2) is 33.2 Å². The molecule has 0 radical (unpaired) electrons. The second kappa shape index (κ2) is 7.71. The lowest BCUT2D eigenvalue weighted by Crippen LogP contribution is -2.32. The van der Waals surface area contributed by atoms with Crippen molar-refractivity contribution in [3.8, 4) is 10.8 Å². The standard InChI is InChI=1S/C20H23N5O2S/c1-12(2)18(13-7-9-14(27-3)10-8-13)22-19(26)17-15-5-4-6-16(15)28-20(17)25-11-21-23-24-25/h7-12,18H,4-6H2,1-3H3,(H,22,26). The number of rotatable bonds is 6. The maximum Gasteiger partial charge on any atom is 0.255 e. The van der Waals surface area contributed by atoms with Crippen molar-refractivity contribution < 1.29 is 9.53 Å². The Morgan fingerprint density at radius 3 is 2.68 bits per heavy atom. The van der Waals surface area contributed by atoms with E-state index in [1.165, 1.54) is 4.88 Å². The van der Waals surface area contributed by atoms with E-state index in [2.05, 4.69) is 34.7 Å². The molecule has 0 aliphatic heterocycles. The maximum atomic E-state index is 13.4. The highest BCUT2D eigenvalue weighted by atomic mass is 32.1. The van der Waals surface area contributed by atoms with E-state index in [1.807, 2.05) is 24.3 Å². The molecule has 0 spiro atoms. The van der Waals surface area contributed by atoms with Gasteiger partial charge in [-0.15, -0.1) is 16.4 Å². The average Bonchev–Trinajstić information content (AvgIpc) is 3.41. The third kappa shape index (κ3) is 3.40. The molecule has 0 fully saturated rings. The van der Waals surface area contributed by atoms with Crippen LogP contribution in [0.5, 0.6) is 5.75 Å². The maximum absolute atomic E-state index is 13.4. The summed E-state index contributed by atoms with van der Waals surface area (Å²) in [5.41, 5.74) is 2.91. The molecule has 1 N–H and O–H groups in total. The fraction of sp³-hybridized carbons (Fsp3) is 0.400. The Morgan fingerprint density at radius 1 is 1.25 bits per heavy atom. The summed E-state index contributed by atoms with van der Waals surface area (Å²) in [4.78, 5) is 14.6. The second-order valence-corrected chi connectivity index (χ2v) is 8.34. The van der Waals surface area contributed by atoms with Crippen LogP contribution in [0.25, 0.3) is 5.00 Å². The van der Waals surface area contributed by atoms with E-state index in [9.17, 15) is 4.79 Å². The summed E-state index contributed by atoms with van der Waals surface area (Å²) in [7, 11) is 1.65. The van der Waals surface area contributed by atoms with Crippen molar-refractivity contribution in [1.29, 1.82) is 0 Å². The van der Waals surface area contributed by atoms with Gasteiger partial charge in [0.2, 0.25) is 0 Å². The van der Waals surface area contributed by atoms with Crippen molar-refractivity contribution >= 4 is 17.2 Å². The Morgan fingerprint density at radius 2 is 2.04 bits per heavy atom. The Hall–Kier alpha value is -2.74. The molecular formula is C20H23N5O2S. The van der Waals surface area contributed by atoms with Crippen LogP contribution in [-0.2, 0) is 12.8 Å². The fourth-order valence-corrected chi connectivity index (χ4v) is 5.00. The van der Waals surface area contributed by atoms with Crippen molar-refractivity contribution in [3.63, 3.8) is 0 Å². The molecule has 1 aliphatic carbocycles. The number of aromatic nitrogens is 4. The minimum absolute atomic E-state index is 0.0700. The zero-order chi connectivity index (χ0) is 19.7. The topological polar surface area (TPSA) is 81.9 Å². The smallest absolute Gasteiger partial charge is 0.255 e. The number of aryl methyl sites for hydroxylation is 1. The van der Waals surface area contributed by atoms with E-state index >= 15 is 0 Å². The Bertz CT molecular complexity index is 963. The molecule has 1 atom stereocenters. The first-order valence-electron chi connectivity index (χ1n) is 9.41. The Balaban J connectivity index is 1.67. The number of amides is 1. The summed E-state index contributed by atoms with van der Waals surface area (Å²) in [5.74, 6) is 0.967. The van der Waals surface area contributed by atoms with E-state index < -0.39 is 0 Å². The van der Waals surface area contributed by atoms with Gasteiger partial charge in [-0.2, -0.15) is 4.68 Å². The van der Waals surface area contributed by atoms with E-state index in [0.29, 0.717) is 5.56 Å². The van der Waals surface area contributed by atoms with Gasteiger partial charge in [0.25, 0.3) is 5.91 Å². The molecule has 8 heteroatoms. The van der Waals surface area contributed by atoms with Gasteiger partial charge in [-0.1, -0.05) is 26.0 Å². The lowest BCUT2D eigenvalue weighted by molar-refractivity contribution is 0.0925. The van der Waals surface area contributed by atoms with Crippen molar-refractivity contribution in [1.82, 2.24) is 25.5 Å². The van der Waals surface area contributed by atoms with Crippen LogP contribution < -0.4 is 10.1 Å². The average molecular weight is 398 g/mol. The predicted octanol–water partition coefficient (Wildman–Crippen LogP) is 3.35. The molecule has 0 bridgehead atoms. The lowest BCUT2D eigenvalue weighted by atomic mass is 9.95. The van der Waals surface area contributed by atoms with Crippen LogP contribution in [0.15, 0.2) is 30.6 Å². The van der Waals surface area contributed by atoms with Crippen LogP contribution in [0.2, 0.25) is 0 Å². The number of hydrogen-bond acceptors (Lipinski definition) is 6. The number of tetrazole rings is 1. The number of benzene rings is 1. The Labute approximate surface area is 167 Å². The minimum atomic E-state index is -0.0999. The van der Waals surface area contributed by atoms with Crippen molar-refractivity contribution in [2.45, 2.75) is 39.2 Å². The van der Waals surface area contributed by atoms with Crippen LogP contribution >= 0.6 is 11.3 Å². The number of carbonyl (C=O) groups excluding carboxylic acids is 1. The fourth-order valence-electron chi connectivity index (χ4n) is 3.70. The second-order valence-electron chi connectivity index (χ2n) is 7.26. The van der Waals surface area contributed by atoms with E-state index in [-0.39, 0.29) is 17.9 Å². The zero-order valence-electron chi connectivity index (χ0n) is 16.2. The Kier molecular flexibility index (Phi) is 5.13. The van der Waals surface area contributed by atoms with E-state index in [4.69, 9.17) is 4.74 Å². The van der Waals surface area contributed by atoms with E-state index in [1.54, 1.807) is 29.5 Å². The minimum Gasteiger partial charge on any atom is -0.497 e. The number of hydrogen-bond donors (Lipinski definition) is 1. The highest BCUT2D eigenvalue weighted by molar-refractivity contribution is 7.15. The van der Waals surface area contributed by atoms with Crippen LogP contribution in [0.1, 0.15) is 52.7 Å². The summed E-state index contributed by atoms with van der Waals surface area (Å²) in [6, 6.07) is 7.75. The van der Waals surface area contributed by atoms with Gasteiger partial charge in [-0.05, 0) is 58.9 Å². The summed E-state index contributed by atoms with van der Waals surface area (Å²) < 4.78 is 6.84. The third-order valence-corrected chi connectivity index (χ3v) is 6.40. The molecule has 28 heavy (non-hydrogen) atoms. The first kappa shape index (κ1) is 18.6. The lowest BCUT2D eigenvalue weighted by Gasteiger charge is -2.23. The van der Waals surface area contributed by atoms with Crippen LogP contribution in [0.4, 0.5) is 0 Å². The van der Waals surface area contributed by atoms with Crippen LogP contribution in [0.3, 0.4) is 0 Å². The number of thiophene rings is 1. The third-order valence-electron chi connectivity index (χ3n) is 5.12. The number of nitrogens with one attached hydrogen (secondary N) is 1. The highest BCUT2D eigenvalue weighted by Crippen LogP contribution is 2.38. The molecule has 1 aromatic carbocycles. The zero-order valence-corrected chi connectivity index (χ0v) is 17.0. The van der Waals surface area contributed by atoms with E-state index in [0.717, 1.165) is 41.1 Å². The molecule has 3 aromatic rings. The summed E-state index contributed by atoms with van der Waals surface area (Å²) in [6.07, 6.45) is 4.56. The van der Waals surface area contributed by atoms with Crippen molar-refractivity contribution in [2.75, 3.05) is 7.11 Å². The number of fused-ring (bicyclic) bond motifs is 1. The van der Waals surface area contributed by atoms with Gasteiger partial charge in [-0.25, -0.2) is 0 Å². The van der Waals surface area contributed by atoms with Gasteiger partial charge in [0.1, 0.15) is 17.1 Å². The van der Waals surface area contributed by atoms with Gasteiger partial charge >= 0.3 is 0 Å². The van der Waals surface area contributed by atoms with Gasteiger partial charge in [0, 0.05) is 4.88 Å². The first-order valence-corrected chi connectivity index (χ1v) is 10.2. The molecular weight excluding hydrogens is 374 g/mol. The molecule has 1 unspecified atom stereocenters. The molecule has 2 heterocycles. The van der Waals surface area contributed by atoms with Crippen molar-refractivity contribution in [3.05, 3.63) is 52.2 Å². The first-order chi connectivity index (χ1) is 13.6. The summed E-state index contributed by atoms with van der Waals surface area (Å²) >= 11 is 1.61. The van der Waals surface area contributed by atoms with Gasteiger partial charge in [0.05, 0.1) is 18.7 Å². The largest absolute Gasteiger partial charge is 0.497 e. The normalized spacial score (nSPS) is 14.1. The summed E-state index contributed by atoms with van der Waals surface area (Å²) in [5, 5.41) is 15.5. The van der Waals surface area contributed by atoms with Crippen molar-refractivity contribution in [2.24, 2.45) is 5.92 Å². The monoisotopic (exact) mass is 397 g/mol. The molecule has 1 aliphatic rings. The molecule has 7 nitrogen and oxygen atoms in total. The summed E-state index contributed by atoms with van der Waals surface area (Å²) in [6.45, 7) is 4.21. The highest BCUT2D eigenvalue weighted by Gasteiger charge is 2.30.